The Morgan fingerprint density at radius 1 is 1.13 bits per heavy atom. The maximum absolute atomic E-state index is 13.0. The molecule has 0 fully saturated rings. The third-order valence-electron chi connectivity index (χ3n) is 4.51. The first-order valence-corrected chi connectivity index (χ1v) is 10.7. The van der Waals surface area contributed by atoms with Crippen molar-refractivity contribution in [1.82, 2.24) is 24.4 Å². The molecule has 10 heteroatoms. The number of sulfonamides is 1. The molecule has 0 saturated carbocycles. The molecule has 0 atom stereocenters. The molecule has 3 aromatic rings. The molecule has 0 saturated heterocycles. The number of hydrogen-bond donors (Lipinski definition) is 1. The van der Waals surface area contributed by atoms with Gasteiger partial charge in [0.2, 0.25) is 15.9 Å². The predicted molar refractivity (Wildman–Crippen MR) is 109 cm³/mol. The monoisotopic (exact) mass is 431 g/mol. The number of rotatable bonds is 9. The van der Waals surface area contributed by atoms with Gasteiger partial charge in [0.15, 0.2) is 0 Å². The van der Waals surface area contributed by atoms with Crippen molar-refractivity contribution in [3.05, 3.63) is 72.6 Å². The van der Waals surface area contributed by atoms with Crippen molar-refractivity contribution in [2.75, 3.05) is 13.6 Å². The van der Waals surface area contributed by atoms with Crippen LogP contribution in [-0.2, 0) is 21.4 Å². The number of aromatic nitrogens is 3. The maximum atomic E-state index is 13.0. The fourth-order valence-electron chi connectivity index (χ4n) is 2.77. The Kier molecular flexibility index (Phi) is 6.91. The number of nitrogens with zero attached hydrogens (tertiary/aromatic N) is 4. The van der Waals surface area contributed by atoms with Crippen molar-refractivity contribution in [3.8, 4) is 5.69 Å². The topological polar surface area (TPSA) is 97.2 Å². The van der Waals surface area contributed by atoms with Crippen molar-refractivity contribution in [2.45, 2.75) is 24.3 Å². The third-order valence-corrected chi connectivity index (χ3v) is 6.38. The molecule has 0 aliphatic rings. The standard InChI is InChI=1S/C20H22FN5O3S/c1-25(30(28,29)19-10-6-17(21)7-11-19)12-2-3-20(27)23-13-16-4-8-18(9-5-16)26-15-22-14-24-26/h4-11,14-15H,2-3,12-13H2,1H3,(H,23,27). The molecule has 3 rings (SSSR count). The van der Waals surface area contributed by atoms with Crippen LogP contribution in [0.3, 0.4) is 0 Å². The number of halogens is 1. The molecule has 0 spiro atoms. The van der Waals surface area contributed by atoms with Gasteiger partial charge in [-0.3, -0.25) is 4.79 Å². The summed E-state index contributed by atoms with van der Waals surface area (Å²) in [5.41, 5.74) is 1.80. The first-order chi connectivity index (χ1) is 14.4. The van der Waals surface area contributed by atoms with Gasteiger partial charge in [-0.2, -0.15) is 5.10 Å². The van der Waals surface area contributed by atoms with Gasteiger partial charge < -0.3 is 5.32 Å². The summed E-state index contributed by atoms with van der Waals surface area (Å²) < 4.78 is 40.7. The first-order valence-electron chi connectivity index (χ1n) is 9.29. The molecule has 1 amide bonds. The van der Waals surface area contributed by atoms with E-state index in [0.717, 1.165) is 27.7 Å². The van der Waals surface area contributed by atoms with E-state index >= 15 is 0 Å². The largest absolute Gasteiger partial charge is 0.352 e. The predicted octanol–water partition coefficient (Wildman–Crippen LogP) is 2.12. The van der Waals surface area contributed by atoms with Crippen molar-refractivity contribution < 1.29 is 17.6 Å². The zero-order valence-corrected chi connectivity index (χ0v) is 17.2. The Bertz CT molecular complexity index is 1070. The van der Waals surface area contributed by atoms with Crippen LogP contribution in [0.25, 0.3) is 5.69 Å². The van der Waals surface area contributed by atoms with E-state index in [1.807, 2.05) is 24.3 Å². The van der Waals surface area contributed by atoms with E-state index < -0.39 is 15.8 Å². The van der Waals surface area contributed by atoms with Crippen LogP contribution < -0.4 is 5.32 Å². The lowest BCUT2D eigenvalue weighted by Crippen LogP contribution is -2.29. The number of benzene rings is 2. The van der Waals surface area contributed by atoms with Gasteiger partial charge in [-0.05, 0) is 48.4 Å². The zero-order chi connectivity index (χ0) is 21.6. The van der Waals surface area contributed by atoms with Crippen molar-refractivity contribution in [2.24, 2.45) is 0 Å². The summed E-state index contributed by atoms with van der Waals surface area (Å²) in [6.07, 6.45) is 3.62. The van der Waals surface area contributed by atoms with E-state index in [-0.39, 0.29) is 23.8 Å². The summed E-state index contributed by atoms with van der Waals surface area (Å²) in [6, 6.07) is 12.2. The number of carbonyl (C=O) groups excluding carboxylic acids is 1. The second kappa shape index (κ2) is 9.59. The SMILES string of the molecule is CN(CCCC(=O)NCc1ccc(-n2cncn2)cc1)S(=O)(=O)c1ccc(F)cc1. The highest BCUT2D eigenvalue weighted by Crippen LogP contribution is 2.15. The van der Waals surface area contributed by atoms with Crippen LogP contribution in [-0.4, -0.2) is 47.0 Å². The molecule has 1 N–H and O–H groups in total. The van der Waals surface area contributed by atoms with Gasteiger partial charge in [0.1, 0.15) is 18.5 Å². The van der Waals surface area contributed by atoms with Crippen LogP contribution in [0.5, 0.6) is 0 Å². The molecule has 1 aromatic heterocycles. The van der Waals surface area contributed by atoms with Gasteiger partial charge in [-0.25, -0.2) is 26.8 Å². The fourth-order valence-corrected chi connectivity index (χ4v) is 3.98. The highest BCUT2D eigenvalue weighted by molar-refractivity contribution is 7.89. The minimum absolute atomic E-state index is 0.0187. The molecule has 0 aliphatic carbocycles. The number of amides is 1. The Morgan fingerprint density at radius 3 is 2.47 bits per heavy atom. The van der Waals surface area contributed by atoms with E-state index in [9.17, 15) is 17.6 Å². The average molecular weight is 431 g/mol. The van der Waals surface area contributed by atoms with Crippen LogP contribution in [0.15, 0.2) is 66.1 Å². The first kappa shape index (κ1) is 21.6. The Hall–Kier alpha value is -3.11. The van der Waals surface area contributed by atoms with Gasteiger partial charge in [-0.15, -0.1) is 0 Å². The summed E-state index contributed by atoms with van der Waals surface area (Å²) in [5.74, 6) is -0.663. The van der Waals surface area contributed by atoms with Gasteiger partial charge in [0.25, 0.3) is 0 Å². The fraction of sp³-hybridized carbons (Fsp3) is 0.250. The second-order valence-electron chi connectivity index (χ2n) is 6.67. The Balaban J connectivity index is 1.43. The lowest BCUT2D eigenvalue weighted by atomic mass is 10.2. The normalized spacial score (nSPS) is 11.6. The minimum atomic E-state index is -3.71. The number of hydrogen-bond acceptors (Lipinski definition) is 5. The molecule has 1 heterocycles. The molecule has 158 valence electrons. The van der Waals surface area contributed by atoms with Crippen LogP contribution in [0.4, 0.5) is 4.39 Å². The summed E-state index contributed by atoms with van der Waals surface area (Å²) >= 11 is 0. The van der Waals surface area contributed by atoms with Crippen molar-refractivity contribution >= 4 is 15.9 Å². The number of carbonyl (C=O) groups is 1. The van der Waals surface area contributed by atoms with Gasteiger partial charge in [0, 0.05) is 26.6 Å². The Labute approximate surface area is 174 Å². The van der Waals surface area contributed by atoms with Crippen LogP contribution in [0, 0.1) is 5.82 Å². The van der Waals surface area contributed by atoms with E-state index in [1.54, 1.807) is 11.0 Å². The molecule has 0 unspecified atom stereocenters. The lowest BCUT2D eigenvalue weighted by molar-refractivity contribution is -0.121. The van der Waals surface area contributed by atoms with Gasteiger partial charge in [0.05, 0.1) is 10.6 Å². The zero-order valence-electron chi connectivity index (χ0n) is 16.4. The molecular weight excluding hydrogens is 409 g/mol. The Morgan fingerprint density at radius 2 is 1.83 bits per heavy atom. The molecule has 30 heavy (non-hydrogen) atoms. The third kappa shape index (κ3) is 5.49. The molecule has 0 bridgehead atoms. The average Bonchev–Trinajstić information content (AvgIpc) is 3.28. The van der Waals surface area contributed by atoms with Gasteiger partial charge >= 0.3 is 0 Å². The minimum Gasteiger partial charge on any atom is -0.352 e. The molecule has 0 radical (unpaired) electrons. The van der Waals surface area contributed by atoms with E-state index in [1.165, 1.54) is 25.5 Å². The van der Waals surface area contributed by atoms with Gasteiger partial charge in [-0.1, -0.05) is 12.1 Å². The summed E-state index contributed by atoms with van der Waals surface area (Å²) in [5, 5.41) is 6.87. The van der Waals surface area contributed by atoms with Crippen molar-refractivity contribution in [3.63, 3.8) is 0 Å². The van der Waals surface area contributed by atoms with Crippen LogP contribution >= 0.6 is 0 Å². The van der Waals surface area contributed by atoms with E-state index in [2.05, 4.69) is 15.4 Å². The van der Waals surface area contributed by atoms with Crippen LogP contribution in [0.1, 0.15) is 18.4 Å². The number of nitrogens with one attached hydrogen (secondary N) is 1. The van der Waals surface area contributed by atoms with E-state index in [4.69, 9.17) is 0 Å². The summed E-state index contributed by atoms with van der Waals surface area (Å²) in [4.78, 5) is 16.0. The maximum Gasteiger partial charge on any atom is 0.242 e. The van der Waals surface area contributed by atoms with E-state index in [0.29, 0.717) is 13.0 Å². The van der Waals surface area contributed by atoms with Crippen LogP contribution in [0.2, 0.25) is 0 Å². The molecule has 2 aromatic carbocycles. The highest BCUT2D eigenvalue weighted by atomic mass is 32.2. The summed E-state index contributed by atoms with van der Waals surface area (Å²) in [6.45, 7) is 0.555. The summed E-state index contributed by atoms with van der Waals surface area (Å²) in [7, 11) is -2.27. The second-order valence-corrected chi connectivity index (χ2v) is 8.71. The quantitative estimate of drug-likeness (QED) is 0.560. The van der Waals surface area contributed by atoms with Crippen molar-refractivity contribution in [1.29, 1.82) is 0 Å². The lowest BCUT2D eigenvalue weighted by Gasteiger charge is -2.17. The molecular formula is C20H22FN5O3S. The molecule has 8 nitrogen and oxygen atoms in total. The highest BCUT2D eigenvalue weighted by Gasteiger charge is 2.20. The molecule has 0 aliphatic heterocycles. The smallest absolute Gasteiger partial charge is 0.242 e.